The van der Waals surface area contributed by atoms with E-state index in [1.165, 1.54) is 0 Å². The summed E-state index contributed by atoms with van der Waals surface area (Å²) in [4.78, 5) is 8.86. The maximum Gasteiger partial charge on any atom is 0.146 e. The van der Waals surface area contributed by atoms with Crippen LogP contribution in [-0.2, 0) is 0 Å². The molecule has 0 atom stereocenters. The van der Waals surface area contributed by atoms with E-state index >= 15 is 0 Å². The smallest absolute Gasteiger partial charge is 0.146 e. The third kappa shape index (κ3) is 2.65. The molecule has 2 aromatic heterocycles. The van der Waals surface area contributed by atoms with E-state index in [4.69, 9.17) is 17.0 Å². The van der Waals surface area contributed by atoms with Gasteiger partial charge in [0.25, 0.3) is 0 Å². The molecule has 0 aromatic carbocycles. The normalized spacial score (nSPS) is 15.3. The second-order valence-electron chi connectivity index (χ2n) is 4.19. The summed E-state index contributed by atoms with van der Waals surface area (Å²) >= 11 is 5.28. The predicted octanol–water partition coefficient (Wildman–Crippen LogP) is 1.93. The molecule has 0 radical (unpaired) electrons. The molecule has 0 bridgehead atoms. The molecular weight excluding hydrogens is 272 g/mol. The molecular formula is C14H12N4OS. The van der Waals surface area contributed by atoms with E-state index in [0.29, 0.717) is 18.0 Å². The van der Waals surface area contributed by atoms with Crippen molar-refractivity contribution in [2.45, 2.75) is 6.42 Å². The van der Waals surface area contributed by atoms with Crippen molar-refractivity contribution in [1.82, 2.24) is 15.4 Å². The second-order valence-corrected chi connectivity index (χ2v) is 4.60. The van der Waals surface area contributed by atoms with Crippen LogP contribution in [0.1, 0.15) is 17.7 Å². The number of hydrazone groups is 1. The molecule has 0 unspecified atom stereocenters. The number of nitrogens with one attached hydrogen (secondary N) is 1. The standard InChI is InChI=1S/C14H12N4OS/c20-14(10-3-1-6-15-9-10)18-17-11-5-8-19-12-4-2-7-16-13(11)12/h1-4,6-7,9H,5,8H2,(H,18,20)/b17-11-. The first-order valence-electron chi connectivity index (χ1n) is 6.20. The highest BCUT2D eigenvalue weighted by Crippen LogP contribution is 2.21. The van der Waals surface area contributed by atoms with Crippen molar-refractivity contribution in [3.8, 4) is 5.75 Å². The lowest BCUT2D eigenvalue weighted by Gasteiger charge is -2.17. The SMILES string of the molecule is S=C(N/N=C1/CCOc2cccnc21)c1cccnc1. The molecule has 1 aliphatic rings. The Bertz CT molecular complexity index is 657. The topological polar surface area (TPSA) is 59.4 Å². The van der Waals surface area contributed by atoms with Crippen LogP contribution in [-0.4, -0.2) is 27.3 Å². The molecule has 100 valence electrons. The summed E-state index contributed by atoms with van der Waals surface area (Å²) in [5, 5.41) is 4.36. The number of rotatable bonds is 2. The molecule has 2 aromatic rings. The molecule has 1 N–H and O–H groups in total. The van der Waals surface area contributed by atoms with Gasteiger partial charge >= 0.3 is 0 Å². The number of thiocarbonyl (C=S) groups is 1. The lowest BCUT2D eigenvalue weighted by Crippen LogP contribution is -2.23. The first-order chi connectivity index (χ1) is 9.84. The van der Waals surface area contributed by atoms with Crippen LogP contribution in [0.15, 0.2) is 48.0 Å². The van der Waals surface area contributed by atoms with Crippen molar-refractivity contribution in [3.63, 3.8) is 0 Å². The van der Waals surface area contributed by atoms with Gasteiger partial charge in [0, 0.05) is 30.6 Å². The molecule has 0 aliphatic carbocycles. The maximum atomic E-state index is 5.53. The molecule has 5 nitrogen and oxygen atoms in total. The minimum Gasteiger partial charge on any atom is -0.491 e. The van der Waals surface area contributed by atoms with Crippen LogP contribution in [0, 0.1) is 0 Å². The number of nitrogens with zero attached hydrogens (tertiary/aromatic N) is 3. The lowest BCUT2D eigenvalue weighted by molar-refractivity contribution is 0.318. The van der Waals surface area contributed by atoms with Crippen molar-refractivity contribution < 1.29 is 4.74 Å². The zero-order valence-electron chi connectivity index (χ0n) is 10.6. The van der Waals surface area contributed by atoms with Crippen LogP contribution in [0.2, 0.25) is 0 Å². The van der Waals surface area contributed by atoms with E-state index in [1.807, 2.05) is 24.3 Å². The van der Waals surface area contributed by atoms with Gasteiger partial charge in [-0.3, -0.25) is 15.4 Å². The highest BCUT2D eigenvalue weighted by atomic mass is 32.1. The van der Waals surface area contributed by atoms with Crippen molar-refractivity contribution >= 4 is 22.9 Å². The summed E-state index contributed by atoms with van der Waals surface area (Å²) in [5.41, 5.74) is 5.34. The van der Waals surface area contributed by atoms with Gasteiger partial charge in [0.05, 0.1) is 12.3 Å². The van der Waals surface area contributed by atoms with Gasteiger partial charge in [0.15, 0.2) is 0 Å². The molecule has 20 heavy (non-hydrogen) atoms. The molecule has 0 fully saturated rings. The number of hydrogen-bond acceptors (Lipinski definition) is 5. The Morgan fingerprint density at radius 3 is 3.05 bits per heavy atom. The van der Waals surface area contributed by atoms with Gasteiger partial charge in [-0.25, -0.2) is 0 Å². The Balaban J connectivity index is 1.79. The van der Waals surface area contributed by atoms with E-state index in [2.05, 4.69) is 20.5 Å². The van der Waals surface area contributed by atoms with Crippen molar-refractivity contribution in [3.05, 3.63) is 54.1 Å². The summed E-state index contributed by atoms with van der Waals surface area (Å²) in [7, 11) is 0. The van der Waals surface area contributed by atoms with E-state index in [-0.39, 0.29) is 0 Å². The summed E-state index contributed by atoms with van der Waals surface area (Å²) in [5.74, 6) is 0.756. The Kier molecular flexibility index (Phi) is 3.64. The molecule has 3 heterocycles. The molecule has 3 rings (SSSR count). The number of fused-ring (bicyclic) bond motifs is 1. The number of pyridine rings is 2. The van der Waals surface area contributed by atoms with E-state index < -0.39 is 0 Å². The van der Waals surface area contributed by atoms with Crippen LogP contribution in [0.25, 0.3) is 0 Å². The first kappa shape index (κ1) is 12.7. The first-order valence-corrected chi connectivity index (χ1v) is 6.60. The molecule has 6 heteroatoms. The average molecular weight is 284 g/mol. The van der Waals surface area contributed by atoms with Crippen molar-refractivity contribution in [2.75, 3.05) is 6.61 Å². The fraction of sp³-hybridized carbons (Fsp3) is 0.143. The lowest BCUT2D eigenvalue weighted by atomic mass is 10.1. The number of ether oxygens (including phenoxy) is 1. The van der Waals surface area contributed by atoms with Crippen LogP contribution in [0.3, 0.4) is 0 Å². The predicted molar refractivity (Wildman–Crippen MR) is 80.0 cm³/mol. The number of aromatic nitrogens is 2. The van der Waals surface area contributed by atoms with Gasteiger partial charge in [-0.1, -0.05) is 12.2 Å². The van der Waals surface area contributed by atoms with Gasteiger partial charge in [-0.2, -0.15) is 5.10 Å². The Morgan fingerprint density at radius 2 is 2.20 bits per heavy atom. The monoisotopic (exact) mass is 284 g/mol. The Morgan fingerprint density at radius 1 is 1.30 bits per heavy atom. The number of hydrogen-bond donors (Lipinski definition) is 1. The van der Waals surface area contributed by atoms with Crippen LogP contribution in [0.4, 0.5) is 0 Å². The minimum absolute atomic E-state index is 0.537. The average Bonchev–Trinajstić information content (AvgIpc) is 2.53. The van der Waals surface area contributed by atoms with Gasteiger partial charge in [-0.05, 0) is 24.3 Å². The second kappa shape index (κ2) is 5.75. The zero-order chi connectivity index (χ0) is 13.8. The summed E-state index contributed by atoms with van der Waals surface area (Å²) in [6, 6.07) is 7.45. The van der Waals surface area contributed by atoms with E-state index in [9.17, 15) is 0 Å². The summed E-state index contributed by atoms with van der Waals surface area (Å²) in [6.07, 6.45) is 5.83. The molecule has 0 spiro atoms. The largest absolute Gasteiger partial charge is 0.491 e. The Hall–Kier alpha value is -2.34. The molecule has 0 amide bonds. The van der Waals surface area contributed by atoms with Gasteiger partial charge in [0.1, 0.15) is 16.4 Å². The quantitative estimate of drug-likeness (QED) is 0.674. The van der Waals surface area contributed by atoms with Gasteiger partial charge in [-0.15, -0.1) is 0 Å². The highest BCUT2D eigenvalue weighted by Gasteiger charge is 2.17. The van der Waals surface area contributed by atoms with Crippen LogP contribution < -0.4 is 10.2 Å². The molecule has 0 saturated heterocycles. The zero-order valence-corrected chi connectivity index (χ0v) is 11.4. The Labute approximate surface area is 121 Å². The minimum atomic E-state index is 0.537. The van der Waals surface area contributed by atoms with Gasteiger partial charge < -0.3 is 4.74 Å². The third-order valence-electron chi connectivity index (χ3n) is 2.86. The van der Waals surface area contributed by atoms with Crippen LogP contribution >= 0.6 is 12.2 Å². The van der Waals surface area contributed by atoms with Gasteiger partial charge in [0.2, 0.25) is 0 Å². The fourth-order valence-corrected chi connectivity index (χ4v) is 2.05. The summed E-state index contributed by atoms with van der Waals surface area (Å²) in [6.45, 7) is 0.596. The molecule has 0 saturated carbocycles. The van der Waals surface area contributed by atoms with Crippen molar-refractivity contribution in [1.29, 1.82) is 0 Å². The summed E-state index contributed by atoms with van der Waals surface area (Å²) < 4.78 is 5.53. The molecule has 1 aliphatic heterocycles. The highest BCUT2D eigenvalue weighted by molar-refractivity contribution is 7.80. The van der Waals surface area contributed by atoms with E-state index in [0.717, 1.165) is 22.7 Å². The third-order valence-corrected chi connectivity index (χ3v) is 3.18. The van der Waals surface area contributed by atoms with E-state index in [1.54, 1.807) is 18.6 Å². The van der Waals surface area contributed by atoms with Crippen molar-refractivity contribution in [2.24, 2.45) is 5.10 Å². The van der Waals surface area contributed by atoms with Crippen LogP contribution in [0.5, 0.6) is 5.75 Å². The fourth-order valence-electron chi connectivity index (χ4n) is 1.89. The maximum absolute atomic E-state index is 5.53.